The average Bonchev–Trinajstić information content (AvgIpc) is 2.75. The number of rotatable bonds is 6. The van der Waals surface area contributed by atoms with Crippen LogP contribution in [-0.2, 0) is 14.4 Å². The Hall–Kier alpha value is -1.23. The standard InChI is InChI=1S/C10H16N2O3/c13-8-9(14)10(15)11-4-3-7-12-5-1-2-6-12/h8H,1-7H2,(H,11,15). The molecule has 0 unspecified atom stereocenters. The van der Waals surface area contributed by atoms with E-state index in [2.05, 4.69) is 10.2 Å². The molecule has 84 valence electrons. The van der Waals surface area contributed by atoms with Crippen molar-refractivity contribution in [3.05, 3.63) is 0 Å². The van der Waals surface area contributed by atoms with E-state index in [0.717, 1.165) is 26.1 Å². The minimum atomic E-state index is -1.00. The first kappa shape index (κ1) is 11.8. The van der Waals surface area contributed by atoms with Crippen LogP contribution in [-0.4, -0.2) is 49.1 Å². The van der Waals surface area contributed by atoms with Crippen molar-refractivity contribution in [3.63, 3.8) is 0 Å². The summed E-state index contributed by atoms with van der Waals surface area (Å²) in [4.78, 5) is 33.7. The van der Waals surface area contributed by atoms with Crippen LogP contribution in [0.25, 0.3) is 0 Å². The highest BCUT2D eigenvalue weighted by Gasteiger charge is 2.12. The fraction of sp³-hybridized carbons (Fsp3) is 0.700. The maximum atomic E-state index is 10.9. The number of hydrogen-bond acceptors (Lipinski definition) is 4. The fourth-order valence-electron chi connectivity index (χ4n) is 1.65. The van der Waals surface area contributed by atoms with Gasteiger partial charge < -0.3 is 10.2 Å². The Morgan fingerprint density at radius 2 is 1.93 bits per heavy atom. The van der Waals surface area contributed by atoms with Crippen LogP contribution < -0.4 is 5.32 Å². The van der Waals surface area contributed by atoms with Crippen molar-refractivity contribution in [3.8, 4) is 0 Å². The van der Waals surface area contributed by atoms with E-state index >= 15 is 0 Å². The van der Waals surface area contributed by atoms with Crippen molar-refractivity contribution < 1.29 is 14.4 Å². The van der Waals surface area contributed by atoms with E-state index in [9.17, 15) is 14.4 Å². The van der Waals surface area contributed by atoms with Crippen molar-refractivity contribution in [2.24, 2.45) is 0 Å². The summed E-state index contributed by atoms with van der Waals surface area (Å²) < 4.78 is 0. The zero-order chi connectivity index (χ0) is 11.1. The summed E-state index contributed by atoms with van der Waals surface area (Å²) in [7, 11) is 0. The van der Waals surface area contributed by atoms with Crippen LogP contribution in [0.2, 0.25) is 0 Å². The molecule has 0 aliphatic carbocycles. The Morgan fingerprint density at radius 1 is 1.27 bits per heavy atom. The first-order valence-electron chi connectivity index (χ1n) is 5.23. The largest absolute Gasteiger partial charge is 0.349 e. The van der Waals surface area contributed by atoms with Crippen molar-refractivity contribution in [2.45, 2.75) is 19.3 Å². The van der Waals surface area contributed by atoms with Gasteiger partial charge in [0.25, 0.3) is 11.7 Å². The minimum Gasteiger partial charge on any atom is -0.349 e. The number of Topliss-reactive ketones (excluding diaryl/α,β-unsaturated/α-hetero) is 1. The highest BCUT2D eigenvalue weighted by Crippen LogP contribution is 2.06. The molecule has 1 amide bonds. The lowest BCUT2D eigenvalue weighted by Crippen LogP contribution is -2.34. The van der Waals surface area contributed by atoms with E-state index in [0.29, 0.717) is 6.54 Å². The van der Waals surface area contributed by atoms with Crippen molar-refractivity contribution in [1.82, 2.24) is 10.2 Å². The van der Waals surface area contributed by atoms with E-state index < -0.39 is 11.7 Å². The minimum absolute atomic E-state index is 0.0375. The molecule has 0 bridgehead atoms. The molecule has 0 spiro atoms. The lowest BCUT2D eigenvalue weighted by Gasteiger charge is -2.13. The van der Waals surface area contributed by atoms with Gasteiger partial charge in [-0.15, -0.1) is 0 Å². The van der Waals surface area contributed by atoms with Crippen LogP contribution in [0.1, 0.15) is 19.3 Å². The van der Waals surface area contributed by atoms with Gasteiger partial charge in [-0.05, 0) is 38.9 Å². The van der Waals surface area contributed by atoms with Gasteiger partial charge in [-0.2, -0.15) is 0 Å². The van der Waals surface area contributed by atoms with Crippen LogP contribution in [0.15, 0.2) is 0 Å². The number of ketones is 1. The smallest absolute Gasteiger partial charge is 0.295 e. The zero-order valence-electron chi connectivity index (χ0n) is 8.70. The molecule has 0 aromatic carbocycles. The highest BCUT2D eigenvalue weighted by molar-refractivity contribution is 6.57. The van der Waals surface area contributed by atoms with Gasteiger partial charge in [0.15, 0.2) is 6.29 Å². The second-order valence-corrected chi connectivity index (χ2v) is 3.64. The van der Waals surface area contributed by atoms with Gasteiger partial charge in [0.1, 0.15) is 0 Å². The molecule has 0 aromatic heterocycles. The summed E-state index contributed by atoms with van der Waals surface area (Å²) in [5.74, 6) is -1.80. The third-order valence-corrected chi connectivity index (χ3v) is 2.47. The van der Waals surface area contributed by atoms with Gasteiger partial charge in [0.05, 0.1) is 0 Å². The van der Waals surface area contributed by atoms with Crippen molar-refractivity contribution >= 4 is 18.0 Å². The fourth-order valence-corrected chi connectivity index (χ4v) is 1.65. The SMILES string of the molecule is O=CC(=O)C(=O)NCCCN1CCCC1. The molecule has 0 aromatic rings. The molecule has 1 aliphatic heterocycles. The van der Waals surface area contributed by atoms with Gasteiger partial charge in [-0.25, -0.2) is 0 Å². The quantitative estimate of drug-likeness (QED) is 0.275. The second kappa shape index (κ2) is 6.29. The number of carbonyl (C=O) groups excluding carboxylic acids is 3. The number of hydrogen-bond donors (Lipinski definition) is 1. The monoisotopic (exact) mass is 212 g/mol. The summed E-state index contributed by atoms with van der Waals surface area (Å²) in [6, 6.07) is 0. The molecule has 15 heavy (non-hydrogen) atoms. The molecule has 0 atom stereocenters. The molecule has 1 fully saturated rings. The maximum absolute atomic E-state index is 10.9. The molecular formula is C10H16N2O3. The van der Waals surface area contributed by atoms with Gasteiger partial charge in [-0.3, -0.25) is 14.4 Å². The van der Waals surface area contributed by atoms with E-state index in [-0.39, 0.29) is 6.29 Å². The number of aldehydes is 1. The van der Waals surface area contributed by atoms with Crippen molar-refractivity contribution in [2.75, 3.05) is 26.2 Å². The molecule has 5 heteroatoms. The molecule has 1 heterocycles. The molecule has 1 rings (SSSR count). The van der Waals surface area contributed by atoms with Crippen LogP contribution in [0.3, 0.4) is 0 Å². The highest BCUT2D eigenvalue weighted by atomic mass is 16.2. The van der Waals surface area contributed by atoms with Crippen LogP contribution in [0.4, 0.5) is 0 Å². The number of carbonyl (C=O) groups is 3. The summed E-state index contributed by atoms with van der Waals surface area (Å²) in [5, 5.41) is 2.41. The second-order valence-electron chi connectivity index (χ2n) is 3.64. The van der Waals surface area contributed by atoms with Crippen LogP contribution >= 0.6 is 0 Å². The first-order valence-corrected chi connectivity index (χ1v) is 5.23. The maximum Gasteiger partial charge on any atom is 0.295 e. The van der Waals surface area contributed by atoms with Gasteiger partial charge >= 0.3 is 0 Å². The Labute approximate surface area is 88.8 Å². The molecule has 1 aliphatic rings. The molecular weight excluding hydrogens is 196 g/mol. The van der Waals surface area contributed by atoms with E-state index in [1.165, 1.54) is 12.8 Å². The number of likely N-dealkylation sites (tertiary alicyclic amines) is 1. The molecule has 0 radical (unpaired) electrons. The predicted octanol–water partition coefficient (Wildman–Crippen LogP) is -0.643. The Morgan fingerprint density at radius 3 is 2.53 bits per heavy atom. The van der Waals surface area contributed by atoms with Gasteiger partial charge in [0, 0.05) is 6.54 Å². The molecule has 1 saturated heterocycles. The topological polar surface area (TPSA) is 66.5 Å². The summed E-state index contributed by atoms with van der Waals surface area (Å²) >= 11 is 0. The van der Waals surface area contributed by atoms with Gasteiger partial charge in [0.2, 0.25) is 0 Å². The molecule has 0 saturated carbocycles. The normalized spacial score (nSPS) is 16.3. The Balaban J connectivity index is 2.03. The van der Waals surface area contributed by atoms with E-state index in [1.807, 2.05) is 0 Å². The first-order chi connectivity index (χ1) is 7.24. The third kappa shape index (κ3) is 4.20. The zero-order valence-corrected chi connectivity index (χ0v) is 8.70. The van der Waals surface area contributed by atoms with Crippen LogP contribution in [0.5, 0.6) is 0 Å². The van der Waals surface area contributed by atoms with Crippen molar-refractivity contribution in [1.29, 1.82) is 0 Å². The lowest BCUT2D eigenvalue weighted by atomic mass is 10.3. The number of nitrogens with zero attached hydrogens (tertiary/aromatic N) is 1. The molecule has 5 nitrogen and oxygen atoms in total. The van der Waals surface area contributed by atoms with Crippen LogP contribution in [0, 0.1) is 0 Å². The summed E-state index contributed by atoms with van der Waals surface area (Å²) in [5.41, 5.74) is 0. The average molecular weight is 212 g/mol. The predicted molar refractivity (Wildman–Crippen MR) is 54.4 cm³/mol. The lowest BCUT2D eigenvalue weighted by molar-refractivity contribution is -0.141. The summed E-state index contributed by atoms with van der Waals surface area (Å²) in [6.45, 7) is 3.65. The third-order valence-electron chi connectivity index (χ3n) is 2.47. The molecule has 1 N–H and O–H groups in total. The Bertz CT molecular complexity index is 247. The van der Waals surface area contributed by atoms with E-state index in [1.54, 1.807) is 0 Å². The number of amides is 1. The van der Waals surface area contributed by atoms with E-state index in [4.69, 9.17) is 0 Å². The van der Waals surface area contributed by atoms with Gasteiger partial charge in [-0.1, -0.05) is 0 Å². The summed E-state index contributed by atoms with van der Waals surface area (Å²) in [6.07, 6.45) is 3.35. The Kier molecular flexibility index (Phi) is 4.97. The number of nitrogens with one attached hydrogen (secondary N) is 1.